The molecule has 8 nitrogen and oxygen atoms in total. The lowest BCUT2D eigenvalue weighted by atomic mass is 10.1. The summed E-state index contributed by atoms with van der Waals surface area (Å²) in [6.45, 7) is 0. The van der Waals surface area contributed by atoms with Crippen molar-refractivity contribution >= 4 is 49.7 Å². The van der Waals surface area contributed by atoms with E-state index in [-0.39, 0.29) is 21.7 Å². The molecule has 0 radical (unpaired) electrons. The standard InChI is InChI=1S/C23H23ClN4O4S2/c1-34(30,31)19-12-11-16(14-18(19)24)21(27-32-17-9-5-6-10-17)22(29)26-23-25-20(28-33-23)13-15-7-3-2-4-8-15/h2-4,7-8,11-12,14,17H,5-6,9-10,13H2,1H3,(H,25,26,28,29). The van der Waals surface area contributed by atoms with E-state index in [1.54, 1.807) is 0 Å². The molecular formula is C23H23ClN4O4S2. The number of aromatic nitrogens is 2. The second-order valence-corrected chi connectivity index (χ2v) is 11.1. The lowest BCUT2D eigenvalue weighted by Gasteiger charge is -2.11. The maximum atomic E-state index is 13.1. The first-order valence-electron chi connectivity index (χ1n) is 10.7. The molecule has 34 heavy (non-hydrogen) atoms. The zero-order chi connectivity index (χ0) is 24.1. The van der Waals surface area contributed by atoms with E-state index >= 15 is 0 Å². The number of hydrogen-bond acceptors (Lipinski definition) is 8. The van der Waals surface area contributed by atoms with Crippen molar-refractivity contribution in [3.63, 3.8) is 0 Å². The highest BCUT2D eigenvalue weighted by atomic mass is 35.5. The van der Waals surface area contributed by atoms with E-state index in [1.807, 2.05) is 30.3 Å². The van der Waals surface area contributed by atoms with E-state index < -0.39 is 15.7 Å². The van der Waals surface area contributed by atoms with E-state index in [0.29, 0.717) is 22.9 Å². The third-order valence-electron chi connectivity index (χ3n) is 5.31. The summed E-state index contributed by atoms with van der Waals surface area (Å²) in [7, 11) is -3.51. The molecule has 4 rings (SSSR count). The highest BCUT2D eigenvalue weighted by Gasteiger charge is 2.23. The third kappa shape index (κ3) is 6.19. The number of nitrogens with one attached hydrogen (secondary N) is 1. The van der Waals surface area contributed by atoms with Crippen LogP contribution in [0, 0.1) is 0 Å². The maximum Gasteiger partial charge on any atom is 0.280 e. The summed E-state index contributed by atoms with van der Waals surface area (Å²) < 4.78 is 28.1. The Morgan fingerprint density at radius 2 is 1.94 bits per heavy atom. The molecule has 1 aromatic heterocycles. The van der Waals surface area contributed by atoms with Gasteiger partial charge in [0.2, 0.25) is 5.13 Å². The van der Waals surface area contributed by atoms with Gasteiger partial charge >= 0.3 is 0 Å². The molecule has 0 spiro atoms. The number of halogens is 1. The molecule has 2 aromatic carbocycles. The quantitative estimate of drug-likeness (QED) is 0.347. The number of rotatable bonds is 8. The summed E-state index contributed by atoms with van der Waals surface area (Å²) in [6, 6.07) is 14.0. The van der Waals surface area contributed by atoms with Gasteiger partial charge in [0, 0.05) is 29.8 Å². The fourth-order valence-electron chi connectivity index (χ4n) is 3.61. The van der Waals surface area contributed by atoms with Crippen LogP contribution in [0.3, 0.4) is 0 Å². The Morgan fingerprint density at radius 3 is 2.62 bits per heavy atom. The summed E-state index contributed by atoms with van der Waals surface area (Å²) in [5.74, 6) is 0.0383. The average molecular weight is 519 g/mol. The van der Waals surface area contributed by atoms with Gasteiger partial charge in [-0.05, 0) is 43.4 Å². The van der Waals surface area contributed by atoms with Gasteiger partial charge in [-0.1, -0.05) is 53.2 Å². The minimum atomic E-state index is -3.51. The second kappa shape index (κ2) is 10.6. The molecule has 0 atom stereocenters. The van der Waals surface area contributed by atoms with Gasteiger partial charge in [0.05, 0.1) is 9.92 Å². The van der Waals surface area contributed by atoms with Crippen LogP contribution in [-0.2, 0) is 25.9 Å². The van der Waals surface area contributed by atoms with Gasteiger partial charge in [-0.15, -0.1) is 0 Å². The van der Waals surface area contributed by atoms with Gasteiger partial charge in [0.25, 0.3) is 5.91 Å². The normalized spacial score (nSPS) is 14.8. The van der Waals surface area contributed by atoms with Crippen molar-refractivity contribution < 1.29 is 18.0 Å². The predicted octanol–water partition coefficient (Wildman–Crippen LogP) is 4.49. The first kappa shape index (κ1) is 24.3. The van der Waals surface area contributed by atoms with E-state index in [2.05, 4.69) is 19.8 Å². The van der Waals surface area contributed by atoms with Crippen LogP contribution >= 0.6 is 23.1 Å². The Morgan fingerprint density at radius 1 is 1.21 bits per heavy atom. The molecule has 11 heteroatoms. The SMILES string of the molecule is CS(=O)(=O)c1ccc(C(=NOC2CCCC2)C(=O)Nc2nc(Cc3ccccc3)ns2)cc1Cl. The summed E-state index contributed by atoms with van der Waals surface area (Å²) in [5.41, 5.74) is 1.38. The molecule has 0 unspecified atom stereocenters. The smallest absolute Gasteiger partial charge is 0.280 e. The van der Waals surface area contributed by atoms with E-state index in [9.17, 15) is 13.2 Å². The number of benzene rings is 2. The molecule has 1 amide bonds. The minimum absolute atomic E-state index is 0.00225. The third-order valence-corrected chi connectivity index (χ3v) is 7.56. The van der Waals surface area contributed by atoms with Gasteiger partial charge in [0.1, 0.15) is 11.9 Å². The zero-order valence-corrected chi connectivity index (χ0v) is 20.8. The van der Waals surface area contributed by atoms with E-state index in [4.69, 9.17) is 16.4 Å². The topological polar surface area (TPSA) is 111 Å². The zero-order valence-electron chi connectivity index (χ0n) is 18.4. The van der Waals surface area contributed by atoms with Gasteiger partial charge in [-0.25, -0.2) is 13.4 Å². The van der Waals surface area contributed by atoms with E-state index in [1.165, 1.54) is 18.2 Å². The first-order valence-corrected chi connectivity index (χ1v) is 13.8. The molecule has 3 aromatic rings. The van der Waals surface area contributed by atoms with Crippen molar-refractivity contribution in [1.29, 1.82) is 0 Å². The molecule has 0 aliphatic heterocycles. The highest BCUT2D eigenvalue weighted by Crippen LogP contribution is 2.25. The fraction of sp³-hybridized carbons (Fsp3) is 0.304. The van der Waals surface area contributed by atoms with Crippen LogP contribution in [0.25, 0.3) is 0 Å². The lowest BCUT2D eigenvalue weighted by Crippen LogP contribution is -2.25. The van der Waals surface area contributed by atoms with Crippen LogP contribution < -0.4 is 5.32 Å². The molecule has 0 saturated heterocycles. The number of sulfone groups is 1. The van der Waals surface area contributed by atoms with Crippen molar-refractivity contribution in [2.75, 3.05) is 11.6 Å². The van der Waals surface area contributed by atoms with Crippen molar-refractivity contribution in [2.24, 2.45) is 5.16 Å². The van der Waals surface area contributed by atoms with Gasteiger partial charge in [0.15, 0.2) is 15.5 Å². The molecule has 1 aliphatic rings. The number of carbonyl (C=O) groups is 1. The predicted molar refractivity (Wildman–Crippen MR) is 132 cm³/mol. The van der Waals surface area contributed by atoms with Crippen molar-refractivity contribution in [2.45, 2.75) is 43.1 Å². The van der Waals surface area contributed by atoms with Crippen LogP contribution in [0.1, 0.15) is 42.6 Å². The van der Waals surface area contributed by atoms with Crippen molar-refractivity contribution in [3.8, 4) is 0 Å². The van der Waals surface area contributed by atoms with Crippen LogP contribution in [0.2, 0.25) is 5.02 Å². The average Bonchev–Trinajstić information content (AvgIpc) is 3.46. The van der Waals surface area contributed by atoms with E-state index in [0.717, 1.165) is 49.0 Å². The highest BCUT2D eigenvalue weighted by molar-refractivity contribution is 7.90. The van der Waals surface area contributed by atoms with Crippen LogP contribution in [0.4, 0.5) is 5.13 Å². The van der Waals surface area contributed by atoms with Gasteiger partial charge < -0.3 is 4.84 Å². The Balaban J connectivity index is 1.56. The summed E-state index contributed by atoms with van der Waals surface area (Å²) >= 11 is 7.27. The lowest BCUT2D eigenvalue weighted by molar-refractivity contribution is -0.110. The number of hydrogen-bond donors (Lipinski definition) is 1. The van der Waals surface area contributed by atoms with Crippen LogP contribution in [0.5, 0.6) is 0 Å². The largest absolute Gasteiger partial charge is 0.392 e. The number of oxime groups is 1. The Kier molecular flexibility index (Phi) is 7.60. The van der Waals surface area contributed by atoms with Crippen LogP contribution in [-0.4, -0.2) is 41.8 Å². The molecular weight excluding hydrogens is 496 g/mol. The molecule has 1 fully saturated rings. The number of nitrogens with zero attached hydrogens (tertiary/aromatic N) is 3. The molecule has 1 saturated carbocycles. The number of anilines is 1. The number of carbonyl (C=O) groups excluding carboxylic acids is 1. The Bertz CT molecular complexity index is 1300. The van der Waals surface area contributed by atoms with Gasteiger partial charge in [-0.3, -0.25) is 10.1 Å². The maximum absolute atomic E-state index is 13.1. The first-order chi connectivity index (χ1) is 16.3. The van der Waals surface area contributed by atoms with Crippen LogP contribution in [0.15, 0.2) is 58.6 Å². The summed E-state index contributed by atoms with van der Waals surface area (Å²) in [4.78, 5) is 23.1. The monoisotopic (exact) mass is 518 g/mol. The summed E-state index contributed by atoms with van der Waals surface area (Å²) in [6.07, 6.45) is 5.38. The summed E-state index contributed by atoms with van der Waals surface area (Å²) in [5, 5.41) is 7.18. The molecule has 1 aliphatic carbocycles. The van der Waals surface area contributed by atoms with Crippen molar-refractivity contribution in [3.05, 3.63) is 70.5 Å². The molecule has 1 N–H and O–H groups in total. The minimum Gasteiger partial charge on any atom is -0.392 e. The van der Waals surface area contributed by atoms with Crippen molar-refractivity contribution in [1.82, 2.24) is 9.36 Å². The Labute approximate surface area is 207 Å². The second-order valence-electron chi connectivity index (χ2n) is 8.00. The molecule has 0 bridgehead atoms. The molecule has 1 heterocycles. The number of amides is 1. The molecule has 178 valence electrons. The Hall–Kier alpha value is -2.82. The fourth-order valence-corrected chi connectivity index (χ4v) is 5.52. The van der Waals surface area contributed by atoms with Gasteiger partial charge in [-0.2, -0.15) is 4.37 Å².